The Hall–Kier alpha value is -1.40. The van der Waals surface area contributed by atoms with Crippen molar-refractivity contribution in [1.29, 1.82) is 0 Å². The topological polar surface area (TPSA) is 49.4 Å². The molecular weight excluding hydrogens is 487 g/mol. The van der Waals surface area contributed by atoms with E-state index in [9.17, 15) is 9.59 Å². The number of benzene rings is 2. The van der Waals surface area contributed by atoms with Gasteiger partial charge < -0.3 is 10.2 Å². The molecule has 0 spiro atoms. The highest BCUT2D eigenvalue weighted by atomic mass is 35.5. The van der Waals surface area contributed by atoms with Crippen molar-refractivity contribution in [1.82, 2.24) is 10.2 Å². The molecule has 0 aliphatic heterocycles. The summed E-state index contributed by atoms with van der Waals surface area (Å²) in [6, 6.07) is 12.5. The SMILES string of the molecule is C[C@@H](C(=O)NC1CCCC1)N(Cc1ccccc1Cl)C(=O)CSCc1ccc(Cl)c(Cl)c1. The Balaban J connectivity index is 1.66. The maximum atomic E-state index is 13.2. The van der Waals surface area contributed by atoms with Crippen LogP contribution < -0.4 is 5.32 Å². The Labute approximate surface area is 209 Å². The Morgan fingerprint density at radius 3 is 2.47 bits per heavy atom. The summed E-state index contributed by atoms with van der Waals surface area (Å²) in [6.45, 7) is 2.06. The molecule has 0 radical (unpaired) electrons. The highest BCUT2D eigenvalue weighted by molar-refractivity contribution is 7.99. The zero-order valence-corrected chi connectivity index (χ0v) is 21.0. The van der Waals surface area contributed by atoms with Gasteiger partial charge in [0.1, 0.15) is 6.04 Å². The molecule has 1 aliphatic rings. The molecule has 2 aromatic rings. The lowest BCUT2D eigenvalue weighted by Gasteiger charge is -2.30. The van der Waals surface area contributed by atoms with Crippen LogP contribution in [0.3, 0.4) is 0 Å². The third-order valence-corrected chi connectivity index (χ3v) is 7.74. The second-order valence-corrected chi connectivity index (χ2v) is 10.2. The molecule has 172 valence electrons. The van der Waals surface area contributed by atoms with Gasteiger partial charge in [-0.25, -0.2) is 0 Å². The van der Waals surface area contributed by atoms with Gasteiger partial charge in [-0.15, -0.1) is 11.8 Å². The minimum Gasteiger partial charge on any atom is -0.352 e. The van der Waals surface area contributed by atoms with Crippen LogP contribution in [-0.2, 0) is 21.9 Å². The first-order valence-electron chi connectivity index (χ1n) is 10.7. The van der Waals surface area contributed by atoms with E-state index in [2.05, 4.69) is 5.32 Å². The number of nitrogens with one attached hydrogen (secondary N) is 1. The summed E-state index contributed by atoms with van der Waals surface area (Å²) in [5.74, 6) is 0.632. The quantitative estimate of drug-likeness (QED) is 0.425. The van der Waals surface area contributed by atoms with Gasteiger partial charge in [0.05, 0.1) is 15.8 Å². The molecular formula is C24H27Cl3N2O2S. The third-order valence-electron chi connectivity index (χ3n) is 5.65. The van der Waals surface area contributed by atoms with E-state index in [-0.39, 0.29) is 30.2 Å². The van der Waals surface area contributed by atoms with Gasteiger partial charge in [0, 0.05) is 23.4 Å². The van der Waals surface area contributed by atoms with Crippen LogP contribution in [0.5, 0.6) is 0 Å². The van der Waals surface area contributed by atoms with E-state index in [0.717, 1.165) is 36.8 Å². The van der Waals surface area contributed by atoms with E-state index < -0.39 is 6.04 Å². The summed E-state index contributed by atoms with van der Waals surface area (Å²) in [7, 11) is 0. The van der Waals surface area contributed by atoms with E-state index in [0.29, 0.717) is 20.8 Å². The van der Waals surface area contributed by atoms with Crippen molar-refractivity contribution in [3.8, 4) is 0 Å². The summed E-state index contributed by atoms with van der Waals surface area (Å²) in [5.41, 5.74) is 1.80. The molecule has 2 amide bonds. The maximum absolute atomic E-state index is 13.2. The second kappa shape index (κ2) is 12.2. The molecule has 0 saturated heterocycles. The van der Waals surface area contributed by atoms with Crippen molar-refractivity contribution in [2.75, 3.05) is 5.75 Å². The molecule has 1 aliphatic carbocycles. The van der Waals surface area contributed by atoms with Crippen LogP contribution in [0.25, 0.3) is 0 Å². The third kappa shape index (κ3) is 7.05. The van der Waals surface area contributed by atoms with Crippen molar-refractivity contribution in [3.63, 3.8) is 0 Å². The first-order valence-corrected chi connectivity index (χ1v) is 13.0. The summed E-state index contributed by atoms with van der Waals surface area (Å²) in [5, 5.41) is 4.69. The number of amides is 2. The van der Waals surface area contributed by atoms with E-state index in [1.54, 1.807) is 30.0 Å². The summed E-state index contributed by atoms with van der Waals surface area (Å²) >= 11 is 19.9. The molecule has 1 saturated carbocycles. The molecule has 3 rings (SSSR count). The van der Waals surface area contributed by atoms with Gasteiger partial charge in [0.25, 0.3) is 0 Å². The minimum atomic E-state index is -0.593. The molecule has 1 N–H and O–H groups in total. The first-order chi connectivity index (χ1) is 15.3. The lowest BCUT2D eigenvalue weighted by molar-refractivity contribution is -0.138. The average molecular weight is 514 g/mol. The molecule has 1 fully saturated rings. The molecule has 1 atom stereocenters. The molecule has 0 unspecified atom stereocenters. The van der Waals surface area contributed by atoms with Crippen molar-refractivity contribution in [3.05, 3.63) is 68.7 Å². The second-order valence-electron chi connectivity index (χ2n) is 8.02. The van der Waals surface area contributed by atoms with E-state index in [1.807, 2.05) is 24.3 Å². The summed E-state index contributed by atoms with van der Waals surface area (Å²) in [4.78, 5) is 27.7. The number of hydrogen-bond acceptors (Lipinski definition) is 3. The lowest BCUT2D eigenvalue weighted by Crippen LogP contribution is -2.50. The fraction of sp³-hybridized carbons (Fsp3) is 0.417. The van der Waals surface area contributed by atoms with Gasteiger partial charge >= 0.3 is 0 Å². The number of rotatable bonds is 9. The zero-order valence-electron chi connectivity index (χ0n) is 18.0. The Kier molecular flexibility index (Phi) is 9.60. The van der Waals surface area contributed by atoms with Gasteiger partial charge in [-0.2, -0.15) is 0 Å². The summed E-state index contributed by atoms with van der Waals surface area (Å²) in [6.07, 6.45) is 4.26. The van der Waals surface area contributed by atoms with Crippen LogP contribution in [0.2, 0.25) is 15.1 Å². The van der Waals surface area contributed by atoms with Gasteiger partial charge in [-0.3, -0.25) is 9.59 Å². The predicted octanol–water partition coefficient (Wildman–Crippen LogP) is 6.36. The fourth-order valence-electron chi connectivity index (χ4n) is 3.75. The van der Waals surface area contributed by atoms with Crippen molar-refractivity contribution >= 4 is 58.4 Å². The number of nitrogens with zero attached hydrogens (tertiary/aromatic N) is 1. The Morgan fingerprint density at radius 1 is 1.06 bits per heavy atom. The predicted molar refractivity (Wildman–Crippen MR) is 134 cm³/mol. The Bertz CT molecular complexity index is 951. The number of carbonyl (C=O) groups excluding carboxylic acids is 2. The van der Waals surface area contributed by atoms with Crippen molar-refractivity contribution < 1.29 is 9.59 Å². The maximum Gasteiger partial charge on any atom is 0.242 e. The molecule has 0 bridgehead atoms. The van der Waals surface area contributed by atoms with Gasteiger partial charge in [-0.05, 0) is 49.1 Å². The molecule has 32 heavy (non-hydrogen) atoms. The summed E-state index contributed by atoms with van der Waals surface area (Å²) < 4.78 is 0. The highest BCUT2D eigenvalue weighted by Gasteiger charge is 2.28. The standard InChI is InChI=1S/C24H27Cl3N2O2S/c1-16(24(31)28-19-7-3-4-8-19)29(13-18-6-2-5-9-20(18)25)23(30)15-32-14-17-10-11-21(26)22(27)12-17/h2,5-6,9-12,16,19H,3-4,7-8,13-15H2,1H3,(H,28,31)/t16-/m0/s1. The lowest BCUT2D eigenvalue weighted by atomic mass is 10.1. The molecule has 2 aromatic carbocycles. The molecule has 4 nitrogen and oxygen atoms in total. The highest BCUT2D eigenvalue weighted by Crippen LogP contribution is 2.25. The van der Waals surface area contributed by atoms with Crippen LogP contribution in [0.1, 0.15) is 43.7 Å². The van der Waals surface area contributed by atoms with Crippen molar-refractivity contribution in [2.45, 2.75) is 57.0 Å². The average Bonchev–Trinajstić information content (AvgIpc) is 3.28. The van der Waals surface area contributed by atoms with Gasteiger partial charge in [0.15, 0.2) is 0 Å². The van der Waals surface area contributed by atoms with Crippen LogP contribution in [0, 0.1) is 0 Å². The van der Waals surface area contributed by atoms with Crippen LogP contribution in [0.4, 0.5) is 0 Å². The van der Waals surface area contributed by atoms with E-state index in [4.69, 9.17) is 34.8 Å². The number of halogens is 3. The fourth-order valence-corrected chi connectivity index (χ4v) is 5.13. The van der Waals surface area contributed by atoms with Gasteiger partial charge in [-0.1, -0.05) is 71.9 Å². The zero-order chi connectivity index (χ0) is 23.1. The first kappa shape index (κ1) is 25.2. The van der Waals surface area contributed by atoms with Gasteiger partial charge in [0.2, 0.25) is 11.8 Å². The molecule has 0 heterocycles. The number of hydrogen-bond donors (Lipinski definition) is 1. The molecule has 8 heteroatoms. The van der Waals surface area contributed by atoms with Crippen LogP contribution in [0.15, 0.2) is 42.5 Å². The number of thioether (sulfide) groups is 1. The van der Waals surface area contributed by atoms with E-state index in [1.165, 1.54) is 11.8 Å². The minimum absolute atomic E-state index is 0.107. The monoisotopic (exact) mass is 512 g/mol. The van der Waals surface area contributed by atoms with Crippen LogP contribution in [-0.4, -0.2) is 34.6 Å². The number of carbonyl (C=O) groups is 2. The van der Waals surface area contributed by atoms with Crippen molar-refractivity contribution in [2.24, 2.45) is 0 Å². The van der Waals surface area contributed by atoms with E-state index >= 15 is 0 Å². The largest absolute Gasteiger partial charge is 0.352 e. The smallest absolute Gasteiger partial charge is 0.242 e. The van der Waals surface area contributed by atoms with Crippen LogP contribution >= 0.6 is 46.6 Å². The normalized spacial score (nSPS) is 14.9. The Morgan fingerprint density at radius 2 is 1.78 bits per heavy atom. The molecule has 0 aromatic heterocycles.